The van der Waals surface area contributed by atoms with Gasteiger partial charge in [0.25, 0.3) is 0 Å². The Morgan fingerprint density at radius 2 is 1.76 bits per heavy atom. The van der Waals surface area contributed by atoms with E-state index in [1.165, 1.54) is 70.9 Å². The van der Waals surface area contributed by atoms with Crippen LogP contribution in [0, 0.1) is 11.3 Å². The zero-order valence-electron chi connectivity index (χ0n) is 15.2. The molecule has 21 heavy (non-hydrogen) atoms. The van der Waals surface area contributed by atoms with Crippen LogP contribution in [-0.4, -0.2) is 30.6 Å². The molecule has 126 valence electrons. The lowest BCUT2D eigenvalue weighted by molar-refractivity contribution is 0.176. The molecule has 0 aliphatic carbocycles. The van der Waals surface area contributed by atoms with Crippen LogP contribution in [0.1, 0.15) is 85.5 Å². The second-order valence-corrected chi connectivity index (χ2v) is 8.12. The SMILES string of the molecule is CCCCCCCC(CN)N1CCCC(C(C)(C)C)CC1. The molecule has 1 aliphatic heterocycles. The maximum atomic E-state index is 6.07. The van der Waals surface area contributed by atoms with Gasteiger partial charge in [0.05, 0.1) is 0 Å². The number of nitrogens with zero attached hydrogens (tertiary/aromatic N) is 1. The Kier molecular flexibility index (Phi) is 8.89. The van der Waals surface area contributed by atoms with Crippen molar-refractivity contribution in [1.29, 1.82) is 0 Å². The second kappa shape index (κ2) is 9.84. The Morgan fingerprint density at radius 1 is 1.05 bits per heavy atom. The lowest BCUT2D eigenvalue weighted by Crippen LogP contribution is -2.41. The Balaban J connectivity index is 2.36. The van der Waals surface area contributed by atoms with Gasteiger partial charge in [0.15, 0.2) is 0 Å². The number of likely N-dealkylation sites (tertiary alicyclic amines) is 1. The first-order valence-electron chi connectivity index (χ1n) is 9.43. The van der Waals surface area contributed by atoms with E-state index in [1.54, 1.807) is 0 Å². The van der Waals surface area contributed by atoms with Gasteiger partial charge in [-0.05, 0) is 50.1 Å². The average Bonchev–Trinajstić information content (AvgIpc) is 2.68. The standard InChI is InChI=1S/C19H40N2/c1-5-6-7-8-9-12-18(16-20)21-14-10-11-17(13-15-21)19(2,3)4/h17-18H,5-16,20H2,1-4H3. The van der Waals surface area contributed by atoms with Crippen LogP contribution in [0.3, 0.4) is 0 Å². The van der Waals surface area contributed by atoms with Gasteiger partial charge in [0.1, 0.15) is 0 Å². The number of unbranched alkanes of at least 4 members (excludes halogenated alkanes) is 4. The van der Waals surface area contributed by atoms with Gasteiger partial charge in [-0.25, -0.2) is 0 Å². The molecule has 1 aliphatic rings. The predicted octanol–water partition coefficient (Wildman–Crippen LogP) is 4.82. The molecule has 2 nitrogen and oxygen atoms in total. The third kappa shape index (κ3) is 7.15. The van der Waals surface area contributed by atoms with Crippen LogP contribution < -0.4 is 5.73 Å². The minimum atomic E-state index is 0.467. The summed E-state index contributed by atoms with van der Waals surface area (Å²) in [5.74, 6) is 0.880. The highest BCUT2D eigenvalue weighted by atomic mass is 15.2. The van der Waals surface area contributed by atoms with Crippen LogP contribution in [0.5, 0.6) is 0 Å². The van der Waals surface area contributed by atoms with Crippen LogP contribution in [0.25, 0.3) is 0 Å². The first-order valence-corrected chi connectivity index (χ1v) is 9.43. The molecule has 2 atom stereocenters. The first-order chi connectivity index (χ1) is 9.99. The Bertz CT molecular complexity index is 257. The maximum absolute atomic E-state index is 6.07. The summed E-state index contributed by atoms with van der Waals surface area (Å²) in [5, 5.41) is 0. The van der Waals surface area contributed by atoms with E-state index in [2.05, 4.69) is 32.6 Å². The highest BCUT2D eigenvalue weighted by molar-refractivity contribution is 4.82. The summed E-state index contributed by atoms with van der Waals surface area (Å²) >= 11 is 0. The van der Waals surface area contributed by atoms with Gasteiger partial charge >= 0.3 is 0 Å². The van der Waals surface area contributed by atoms with E-state index in [0.717, 1.165) is 12.5 Å². The monoisotopic (exact) mass is 296 g/mol. The molecule has 0 aromatic rings. The van der Waals surface area contributed by atoms with Crippen LogP contribution in [0.4, 0.5) is 0 Å². The van der Waals surface area contributed by atoms with Crippen molar-refractivity contribution in [2.45, 2.75) is 91.5 Å². The smallest absolute Gasteiger partial charge is 0.0218 e. The molecule has 0 bridgehead atoms. The van der Waals surface area contributed by atoms with Crippen LogP contribution >= 0.6 is 0 Å². The average molecular weight is 297 g/mol. The summed E-state index contributed by atoms with van der Waals surface area (Å²) in [6.07, 6.45) is 12.3. The van der Waals surface area contributed by atoms with Crippen LogP contribution in [-0.2, 0) is 0 Å². The largest absolute Gasteiger partial charge is 0.329 e. The van der Waals surface area contributed by atoms with Crippen molar-refractivity contribution < 1.29 is 0 Å². The van der Waals surface area contributed by atoms with Crippen LogP contribution in [0.15, 0.2) is 0 Å². The minimum Gasteiger partial charge on any atom is -0.329 e. The predicted molar refractivity (Wildman–Crippen MR) is 94.6 cm³/mol. The van der Waals surface area contributed by atoms with E-state index in [4.69, 9.17) is 5.73 Å². The molecular weight excluding hydrogens is 256 g/mol. The zero-order valence-corrected chi connectivity index (χ0v) is 15.2. The Labute approximate surface area is 133 Å². The summed E-state index contributed by atoms with van der Waals surface area (Å²) < 4.78 is 0. The summed E-state index contributed by atoms with van der Waals surface area (Å²) in [4.78, 5) is 2.70. The molecule has 0 saturated carbocycles. The molecule has 2 unspecified atom stereocenters. The molecule has 1 fully saturated rings. The first kappa shape index (κ1) is 19.0. The summed E-state index contributed by atoms with van der Waals surface area (Å²) in [5.41, 5.74) is 6.54. The Hall–Kier alpha value is -0.0800. The van der Waals surface area contributed by atoms with Gasteiger partial charge in [0, 0.05) is 12.6 Å². The van der Waals surface area contributed by atoms with Gasteiger partial charge in [0.2, 0.25) is 0 Å². The molecule has 0 radical (unpaired) electrons. The van der Waals surface area contributed by atoms with Crippen molar-refractivity contribution in [2.75, 3.05) is 19.6 Å². The molecular formula is C19H40N2. The van der Waals surface area contributed by atoms with Gasteiger partial charge in [-0.3, -0.25) is 4.90 Å². The van der Waals surface area contributed by atoms with Crippen molar-refractivity contribution in [3.8, 4) is 0 Å². The van der Waals surface area contributed by atoms with Gasteiger partial charge in [-0.15, -0.1) is 0 Å². The van der Waals surface area contributed by atoms with Crippen LogP contribution in [0.2, 0.25) is 0 Å². The Morgan fingerprint density at radius 3 is 2.38 bits per heavy atom. The van der Waals surface area contributed by atoms with Crippen molar-refractivity contribution in [2.24, 2.45) is 17.1 Å². The second-order valence-electron chi connectivity index (χ2n) is 8.12. The molecule has 1 saturated heterocycles. The molecule has 2 N–H and O–H groups in total. The fraction of sp³-hybridized carbons (Fsp3) is 1.00. The third-order valence-corrected chi connectivity index (χ3v) is 5.42. The third-order valence-electron chi connectivity index (χ3n) is 5.42. The summed E-state index contributed by atoms with van der Waals surface area (Å²) in [6, 6.07) is 0.630. The van der Waals surface area contributed by atoms with Crippen molar-refractivity contribution >= 4 is 0 Å². The maximum Gasteiger partial charge on any atom is 0.0218 e. The topological polar surface area (TPSA) is 29.3 Å². The molecule has 1 rings (SSSR count). The van der Waals surface area contributed by atoms with Gasteiger partial charge in [-0.2, -0.15) is 0 Å². The summed E-state index contributed by atoms with van der Waals surface area (Å²) in [6.45, 7) is 12.9. The van der Waals surface area contributed by atoms with Crippen molar-refractivity contribution in [3.05, 3.63) is 0 Å². The fourth-order valence-corrected chi connectivity index (χ4v) is 3.78. The number of hydrogen-bond donors (Lipinski definition) is 1. The molecule has 0 aromatic carbocycles. The van der Waals surface area contributed by atoms with Crippen molar-refractivity contribution in [1.82, 2.24) is 4.90 Å². The molecule has 0 aromatic heterocycles. The molecule has 0 amide bonds. The van der Waals surface area contributed by atoms with Gasteiger partial charge in [-0.1, -0.05) is 59.8 Å². The van der Waals surface area contributed by atoms with E-state index in [1.807, 2.05) is 0 Å². The minimum absolute atomic E-state index is 0.467. The lowest BCUT2D eigenvalue weighted by atomic mass is 9.77. The highest BCUT2D eigenvalue weighted by Crippen LogP contribution is 2.34. The fourth-order valence-electron chi connectivity index (χ4n) is 3.78. The number of nitrogens with two attached hydrogens (primary N) is 1. The number of hydrogen-bond acceptors (Lipinski definition) is 2. The van der Waals surface area contributed by atoms with Gasteiger partial charge < -0.3 is 5.73 Å². The highest BCUT2D eigenvalue weighted by Gasteiger charge is 2.28. The summed E-state index contributed by atoms with van der Waals surface area (Å²) in [7, 11) is 0. The lowest BCUT2D eigenvalue weighted by Gasteiger charge is -2.32. The van der Waals surface area contributed by atoms with E-state index >= 15 is 0 Å². The quantitative estimate of drug-likeness (QED) is 0.650. The van der Waals surface area contributed by atoms with E-state index in [0.29, 0.717) is 11.5 Å². The molecule has 0 spiro atoms. The zero-order chi connectivity index (χ0) is 15.7. The van der Waals surface area contributed by atoms with E-state index < -0.39 is 0 Å². The van der Waals surface area contributed by atoms with Crippen molar-refractivity contribution in [3.63, 3.8) is 0 Å². The molecule has 1 heterocycles. The molecule has 2 heteroatoms. The van der Waals surface area contributed by atoms with E-state index in [-0.39, 0.29) is 0 Å². The normalized spacial score (nSPS) is 23.0. The van der Waals surface area contributed by atoms with E-state index in [9.17, 15) is 0 Å². The number of rotatable bonds is 8.